The van der Waals surface area contributed by atoms with Crippen LogP contribution < -0.4 is 4.74 Å². The van der Waals surface area contributed by atoms with Gasteiger partial charge in [-0.25, -0.2) is 0 Å². The summed E-state index contributed by atoms with van der Waals surface area (Å²) in [5, 5.41) is 0. The van der Waals surface area contributed by atoms with Gasteiger partial charge in [-0.05, 0) is 42.9 Å². The van der Waals surface area contributed by atoms with E-state index < -0.39 is 0 Å². The van der Waals surface area contributed by atoms with Crippen LogP contribution in [0.4, 0.5) is 0 Å². The van der Waals surface area contributed by atoms with E-state index in [0.29, 0.717) is 19.3 Å². The highest BCUT2D eigenvalue weighted by Crippen LogP contribution is 2.20. The van der Waals surface area contributed by atoms with Crippen molar-refractivity contribution in [2.45, 2.75) is 64.9 Å². The van der Waals surface area contributed by atoms with Crippen molar-refractivity contribution in [3.8, 4) is 5.75 Å². The standard InChI is InChI=1S/C19H30O2/c1-3-16(2)15-17-9-11-19(12-10-17)21-14-13-20-18-7-5-4-6-8-18/h9-12,16,18H,3-8,13-15H2,1-2H3. The van der Waals surface area contributed by atoms with Crippen LogP contribution in [0.25, 0.3) is 0 Å². The van der Waals surface area contributed by atoms with Gasteiger partial charge in [0.05, 0.1) is 12.7 Å². The summed E-state index contributed by atoms with van der Waals surface area (Å²) in [6.45, 7) is 5.90. The zero-order chi connectivity index (χ0) is 14.9. The molecular formula is C19H30O2. The average molecular weight is 290 g/mol. The van der Waals surface area contributed by atoms with Crippen LogP contribution in [0.3, 0.4) is 0 Å². The Morgan fingerprint density at radius 2 is 1.76 bits per heavy atom. The first-order chi connectivity index (χ1) is 10.3. The third-order valence-corrected chi connectivity index (χ3v) is 4.46. The fourth-order valence-corrected chi connectivity index (χ4v) is 2.87. The molecule has 0 N–H and O–H groups in total. The van der Waals surface area contributed by atoms with E-state index in [1.165, 1.54) is 44.1 Å². The fourth-order valence-electron chi connectivity index (χ4n) is 2.87. The maximum absolute atomic E-state index is 5.87. The van der Waals surface area contributed by atoms with E-state index in [1.807, 2.05) is 0 Å². The first-order valence-electron chi connectivity index (χ1n) is 8.61. The van der Waals surface area contributed by atoms with Gasteiger partial charge >= 0.3 is 0 Å². The van der Waals surface area contributed by atoms with Gasteiger partial charge in [-0.1, -0.05) is 51.7 Å². The molecule has 1 saturated carbocycles. The minimum atomic E-state index is 0.472. The summed E-state index contributed by atoms with van der Waals surface area (Å²) in [6, 6.07) is 8.53. The summed E-state index contributed by atoms with van der Waals surface area (Å²) in [5.74, 6) is 1.70. The zero-order valence-corrected chi connectivity index (χ0v) is 13.6. The molecule has 0 heterocycles. The molecule has 0 aromatic heterocycles. The van der Waals surface area contributed by atoms with Crippen molar-refractivity contribution in [1.82, 2.24) is 0 Å². The van der Waals surface area contributed by atoms with Crippen LogP contribution in [-0.2, 0) is 11.2 Å². The van der Waals surface area contributed by atoms with Crippen molar-refractivity contribution in [3.05, 3.63) is 29.8 Å². The SMILES string of the molecule is CCC(C)Cc1ccc(OCCOC2CCCCC2)cc1. The van der Waals surface area contributed by atoms with E-state index in [2.05, 4.69) is 38.1 Å². The highest BCUT2D eigenvalue weighted by molar-refractivity contribution is 5.27. The summed E-state index contributed by atoms with van der Waals surface area (Å²) >= 11 is 0. The molecule has 1 aliphatic rings. The third kappa shape index (κ3) is 6.09. The molecule has 0 aliphatic heterocycles. The number of benzene rings is 1. The lowest BCUT2D eigenvalue weighted by atomic mass is 9.98. The smallest absolute Gasteiger partial charge is 0.119 e. The Balaban J connectivity index is 1.64. The van der Waals surface area contributed by atoms with Gasteiger partial charge in [0.1, 0.15) is 12.4 Å². The topological polar surface area (TPSA) is 18.5 Å². The molecule has 0 saturated heterocycles. The second-order valence-corrected chi connectivity index (χ2v) is 6.34. The number of rotatable bonds is 8. The molecule has 0 radical (unpaired) electrons. The molecule has 1 aliphatic carbocycles. The predicted molar refractivity (Wildman–Crippen MR) is 87.9 cm³/mol. The summed E-state index contributed by atoms with van der Waals surface area (Å²) in [7, 11) is 0. The van der Waals surface area contributed by atoms with Crippen molar-refractivity contribution in [1.29, 1.82) is 0 Å². The molecule has 1 atom stereocenters. The van der Waals surface area contributed by atoms with Crippen molar-refractivity contribution in [2.24, 2.45) is 5.92 Å². The predicted octanol–water partition coefficient (Wildman–Crippen LogP) is 5.00. The molecule has 21 heavy (non-hydrogen) atoms. The van der Waals surface area contributed by atoms with Gasteiger partial charge in [-0.15, -0.1) is 0 Å². The van der Waals surface area contributed by atoms with Gasteiger partial charge in [0, 0.05) is 0 Å². The first kappa shape index (κ1) is 16.4. The van der Waals surface area contributed by atoms with Crippen LogP contribution in [0.2, 0.25) is 0 Å². The van der Waals surface area contributed by atoms with E-state index >= 15 is 0 Å². The summed E-state index contributed by atoms with van der Waals surface area (Å²) in [4.78, 5) is 0. The Morgan fingerprint density at radius 1 is 1.05 bits per heavy atom. The van der Waals surface area contributed by atoms with Crippen LogP contribution >= 0.6 is 0 Å². The van der Waals surface area contributed by atoms with Crippen LogP contribution in [0.1, 0.15) is 57.9 Å². The van der Waals surface area contributed by atoms with Crippen molar-refractivity contribution < 1.29 is 9.47 Å². The molecule has 1 unspecified atom stereocenters. The molecule has 118 valence electrons. The van der Waals surface area contributed by atoms with Crippen LogP contribution in [0.5, 0.6) is 5.75 Å². The van der Waals surface area contributed by atoms with Crippen LogP contribution in [0.15, 0.2) is 24.3 Å². The van der Waals surface area contributed by atoms with Gasteiger partial charge < -0.3 is 9.47 Å². The molecule has 0 amide bonds. The van der Waals surface area contributed by atoms with Crippen LogP contribution in [-0.4, -0.2) is 19.3 Å². The minimum Gasteiger partial charge on any atom is -0.491 e. The summed E-state index contributed by atoms with van der Waals surface area (Å²) in [6.07, 6.45) is 9.33. The van der Waals surface area contributed by atoms with E-state index in [9.17, 15) is 0 Å². The van der Waals surface area contributed by atoms with Crippen molar-refractivity contribution >= 4 is 0 Å². The first-order valence-corrected chi connectivity index (χ1v) is 8.61. The fraction of sp³-hybridized carbons (Fsp3) is 0.684. The lowest BCUT2D eigenvalue weighted by molar-refractivity contribution is 0.0129. The Hall–Kier alpha value is -1.02. The zero-order valence-electron chi connectivity index (χ0n) is 13.6. The summed E-state index contributed by atoms with van der Waals surface area (Å²) < 4.78 is 11.6. The van der Waals surface area contributed by atoms with E-state index in [1.54, 1.807) is 0 Å². The third-order valence-electron chi connectivity index (χ3n) is 4.46. The molecule has 1 aromatic carbocycles. The average Bonchev–Trinajstić information content (AvgIpc) is 2.54. The highest BCUT2D eigenvalue weighted by atomic mass is 16.5. The van der Waals surface area contributed by atoms with Gasteiger partial charge in [-0.2, -0.15) is 0 Å². The second-order valence-electron chi connectivity index (χ2n) is 6.34. The van der Waals surface area contributed by atoms with Gasteiger partial charge in [-0.3, -0.25) is 0 Å². The van der Waals surface area contributed by atoms with E-state index in [-0.39, 0.29) is 0 Å². The van der Waals surface area contributed by atoms with E-state index in [0.717, 1.165) is 18.1 Å². The highest BCUT2D eigenvalue weighted by Gasteiger charge is 2.13. The van der Waals surface area contributed by atoms with E-state index in [4.69, 9.17) is 9.47 Å². The second kappa shape index (κ2) is 9.09. The maximum Gasteiger partial charge on any atom is 0.119 e. The molecule has 1 fully saturated rings. The number of hydrogen-bond donors (Lipinski definition) is 0. The van der Waals surface area contributed by atoms with Crippen molar-refractivity contribution in [3.63, 3.8) is 0 Å². The summed E-state index contributed by atoms with van der Waals surface area (Å²) in [5.41, 5.74) is 1.40. The Kier molecular flexibility index (Phi) is 7.08. The quantitative estimate of drug-likeness (QED) is 0.627. The maximum atomic E-state index is 5.87. The van der Waals surface area contributed by atoms with Gasteiger partial charge in [0.2, 0.25) is 0 Å². The lowest BCUT2D eigenvalue weighted by Crippen LogP contribution is -2.19. The molecule has 2 rings (SSSR count). The Morgan fingerprint density at radius 3 is 2.43 bits per heavy atom. The molecule has 1 aromatic rings. The number of hydrogen-bond acceptors (Lipinski definition) is 2. The minimum absolute atomic E-state index is 0.472. The molecule has 2 heteroatoms. The largest absolute Gasteiger partial charge is 0.491 e. The molecule has 0 bridgehead atoms. The Labute approximate surface area is 129 Å². The molecule has 2 nitrogen and oxygen atoms in total. The van der Waals surface area contributed by atoms with Gasteiger partial charge in [0.25, 0.3) is 0 Å². The number of ether oxygens (including phenoxy) is 2. The lowest BCUT2D eigenvalue weighted by Gasteiger charge is -2.21. The van der Waals surface area contributed by atoms with Gasteiger partial charge in [0.15, 0.2) is 0 Å². The van der Waals surface area contributed by atoms with Crippen LogP contribution in [0, 0.1) is 5.92 Å². The molecular weight excluding hydrogens is 260 g/mol. The molecule has 0 spiro atoms. The Bertz CT molecular complexity index is 379. The van der Waals surface area contributed by atoms with Crippen molar-refractivity contribution in [2.75, 3.05) is 13.2 Å². The normalized spacial score (nSPS) is 17.6. The monoisotopic (exact) mass is 290 g/mol.